The van der Waals surface area contributed by atoms with E-state index in [0.717, 1.165) is 35.2 Å². The van der Waals surface area contributed by atoms with Gasteiger partial charge in [-0.15, -0.1) is 10.2 Å². The first-order valence-electron chi connectivity index (χ1n) is 7.99. The molecule has 0 aliphatic heterocycles. The maximum Gasteiger partial charge on any atom is 0.277 e. The Labute approximate surface area is 157 Å². The summed E-state index contributed by atoms with van der Waals surface area (Å²) in [5.74, 6) is -1.06. The zero-order valence-corrected chi connectivity index (χ0v) is 15.1. The number of nitrogens with zero attached hydrogens (tertiary/aromatic N) is 2. The fourth-order valence-electron chi connectivity index (χ4n) is 2.15. The van der Waals surface area contributed by atoms with E-state index in [1.165, 1.54) is 0 Å². The van der Waals surface area contributed by atoms with Gasteiger partial charge in [-0.25, -0.2) is 8.78 Å². The van der Waals surface area contributed by atoms with E-state index in [-0.39, 0.29) is 16.7 Å². The molecule has 1 N–H and O–H groups in total. The van der Waals surface area contributed by atoms with Crippen LogP contribution in [0.4, 0.5) is 14.5 Å². The van der Waals surface area contributed by atoms with E-state index in [1.807, 2.05) is 6.92 Å². The minimum Gasteiger partial charge on any atom is -0.494 e. The summed E-state index contributed by atoms with van der Waals surface area (Å²) in [6, 6.07) is 10.1. The summed E-state index contributed by atoms with van der Waals surface area (Å²) in [5.41, 5.74) is 0.623. The summed E-state index contributed by atoms with van der Waals surface area (Å²) in [4.78, 5) is 11.9. The van der Waals surface area contributed by atoms with Crippen LogP contribution in [0.3, 0.4) is 0 Å². The molecule has 3 rings (SSSR count). The number of carbonyl (C=O) groups is 1. The summed E-state index contributed by atoms with van der Waals surface area (Å²) in [5, 5.41) is 10.4. The van der Waals surface area contributed by atoms with Crippen molar-refractivity contribution >= 4 is 23.4 Å². The first kappa shape index (κ1) is 18.8. The van der Waals surface area contributed by atoms with Gasteiger partial charge < -0.3 is 14.5 Å². The standard InChI is InChI=1S/C18H15F2N3O3S/c1-2-25-13-6-3-11(4-7-13)17-22-23-18(26-17)27-10-16(24)21-15-8-5-12(19)9-14(15)20/h3-9H,2,10H2,1H3,(H,21,24). The van der Waals surface area contributed by atoms with E-state index in [9.17, 15) is 13.6 Å². The lowest BCUT2D eigenvalue weighted by Crippen LogP contribution is -2.15. The predicted octanol–water partition coefficient (Wildman–Crippen LogP) is 4.14. The summed E-state index contributed by atoms with van der Waals surface area (Å²) < 4.78 is 37.3. The van der Waals surface area contributed by atoms with Crippen LogP contribution in [-0.2, 0) is 4.79 Å². The van der Waals surface area contributed by atoms with Gasteiger partial charge >= 0.3 is 0 Å². The highest BCUT2D eigenvalue weighted by Gasteiger charge is 2.13. The van der Waals surface area contributed by atoms with E-state index in [4.69, 9.17) is 9.15 Å². The van der Waals surface area contributed by atoms with Gasteiger partial charge in [-0.2, -0.15) is 0 Å². The lowest BCUT2D eigenvalue weighted by molar-refractivity contribution is -0.113. The molecule has 0 aliphatic rings. The minimum absolute atomic E-state index is 0.0677. The minimum atomic E-state index is -0.844. The van der Waals surface area contributed by atoms with Gasteiger partial charge in [0.25, 0.3) is 5.22 Å². The van der Waals surface area contributed by atoms with Crippen LogP contribution >= 0.6 is 11.8 Å². The molecule has 1 amide bonds. The molecule has 0 aliphatic carbocycles. The topological polar surface area (TPSA) is 77.2 Å². The SMILES string of the molecule is CCOc1ccc(-c2nnc(SCC(=O)Nc3ccc(F)cc3F)o2)cc1. The molecule has 0 unspecified atom stereocenters. The highest BCUT2D eigenvalue weighted by molar-refractivity contribution is 7.99. The Morgan fingerprint density at radius 1 is 1.19 bits per heavy atom. The van der Waals surface area contributed by atoms with E-state index >= 15 is 0 Å². The van der Waals surface area contributed by atoms with Crippen molar-refractivity contribution in [2.75, 3.05) is 17.7 Å². The Morgan fingerprint density at radius 2 is 1.96 bits per heavy atom. The van der Waals surface area contributed by atoms with Crippen LogP contribution in [0.25, 0.3) is 11.5 Å². The fourth-order valence-corrected chi connectivity index (χ4v) is 2.71. The highest BCUT2D eigenvalue weighted by atomic mass is 32.2. The average Bonchev–Trinajstić information content (AvgIpc) is 3.12. The number of carbonyl (C=O) groups excluding carboxylic acids is 1. The molecule has 1 aromatic heterocycles. The molecule has 140 valence electrons. The van der Waals surface area contributed by atoms with E-state index < -0.39 is 17.5 Å². The van der Waals surface area contributed by atoms with Crippen LogP contribution in [0.2, 0.25) is 0 Å². The van der Waals surface area contributed by atoms with Crippen LogP contribution in [-0.4, -0.2) is 28.5 Å². The Morgan fingerprint density at radius 3 is 2.67 bits per heavy atom. The number of rotatable bonds is 7. The molecule has 1 heterocycles. The van der Waals surface area contributed by atoms with Gasteiger partial charge in [-0.05, 0) is 43.3 Å². The first-order chi connectivity index (χ1) is 13.0. The quantitative estimate of drug-likeness (QED) is 0.610. The monoisotopic (exact) mass is 391 g/mol. The lowest BCUT2D eigenvalue weighted by atomic mass is 10.2. The highest BCUT2D eigenvalue weighted by Crippen LogP contribution is 2.25. The molecule has 0 saturated heterocycles. The number of aromatic nitrogens is 2. The van der Waals surface area contributed by atoms with Crippen molar-refractivity contribution in [3.63, 3.8) is 0 Å². The Balaban J connectivity index is 1.56. The molecular formula is C18H15F2N3O3S. The molecule has 0 spiro atoms. The maximum atomic E-state index is 13.5. The van der Waals surface area contributed by atoms with Crippen LogP contribution in [0.1, 0.15) is 6.92 Å². The lowest BCUT2D eigenvalue weighted by Gasteiger charge is -2.05. The van der Waals surface area contributed by atoms with Crippen molar-refractivity contribution < 1.29 is 22.7 Å². The third-order valence-corrected chi connectivity index (χ3v) is 4.17. The third-order valence-electron chi connectivity index (χ3n) is 3.35. The summed E-state index contributed by atoms with van der Waals surface area (Å²) >= 11 is 1.01. The molecule has 6 nitrogen and oxygen atoms in total. The van der Waals surface area contributed by atoms with Crippen LogP contribution in [0.15, 0.2) is 52.1 Å². The molecule has 0 fully saturated rings. The number of benzene rings is 2. The van der Waals surface area contributed by atoms with Crippen molar-refractivity contribution in [2.24, 2.45) is 0 Å². The molecule has 0 saturated carbocycles. The number of halogens is 2. The second kappa shape index (κ2) is 8.63. The largest absolute Gasteiger partial charge is 0.494 e. The molecule has 2 aromatic carbocycles. The van der Waals surface area contributed by atoms with Crippen molar-refractivity contribution in [3.05, 3.63) is 54.1 Å². The second-order valence-electron chi connectivity index (χ2n) is 5.29. The van der Waals surface area contributed by atoms with Crippen molar-refractivity contribution in [1.82, 2.24) is 10.2 Å². The maximum absolute atomic E-state index is 13.5. The average molecular weight is 391 g/mol. The van der Waals surface area contributed by atoms with Gasteiger partial charge in [0.05, 0.1) is 18.0 Å². The van der Waals surface area contributed by atoms with E-state index in [0.29, 0.717) is 18.6 Å². The molecule has 3 aromatic rings. The third kappa shape index (κ3) is 5.04. The molecule has 0 radical (unpaired) electrons. The normalized spacial score (nSPS) is 10.6. The van der Waals surface area contributed by atoms with Crippen molar-refractivity contribution in [1.29, 1.82) is 0 Å². The van der Waals surface area contributed by atoms with E-state index in [1.54, 1.807) is 24.3 Å². The Bertz CT molecular complexity index is 932. The van der Waals surface area contributed by atoms with Gasteiger partial charge in [0.15, 0.2) is 0 Å². The van der Waals surface area contributed by atoms with Gasteiger partial charge in [0.1, 0.15) is 17.4 Å². The Hall–Kier alpha value is -2.94. The molecular weight excluding hydrogens is 376 g/mol. The van der Waals surface area contributed by atoms with Crippen molar-refractivity contribution in [3.8, 4) is 17.2 Å². The Kier molecular flexibility index (Phi) is 6.02. The van der Waals surface area contributed by atoms with E-state index in [2.05, 4.69) is 15.5 Å². The summed E-state index contributed by atoms with van der Waals surface area (Å²) in [7, 11) is 0. The van der Waals surface area contributed by atoms with Gasteiger partial charge in [-0.3, -0.25) is 4.79 Å². The first-order valence-corrected chi connectivity index (χ1v) is 8.98. The number of ether oxygens (including phenoxy) is 1. The molecule has 9 heteroatoms. The second-order valence-corrected chi connectivity index (χ2v) is 6.22. The number of thioether (sulfide) groups is 1. The number of amides is 1. The molecule has 27 heavy (non-hydrogen) atoms. The predicted molar refractivity (Wildman–Crippen MR) is 96.6 cm³/mol. The molecule has 0 atom stereocenters. The van der Waals surface area contributed by atoms with Gasteiger partial charge in [0.2, 0.25) is 11.8 Å². The van der Waals surface area contributed by atoms with Crippen LogP contribution in [0, 0.1) is 11.6 Å². The number of hydrogen-bond acceptors (Lipinski definition) is 6. The number of nitrogens with one attached hydrogen (secondary N) is 1. The van der Waals surface area contributed by atoms with Crippen molar-refractivity contribution in [2.45, 2.75) is 12.1 Å². The van der Waals surface area contributed by atoms with Gasteiger partial charge in [-0.1, -0.05) is 11.8 Å². The van der Waals surface area contributed by atoms with Gasteiger partial charge in [0, 0.05) is 11.6 Å². The van der Waals surface area contributed by atoms with Crippen LogP contribution in [0.5, 0.6) is 5.75 Å². The summed E-state index contributed by atoms with van der Waals surface area (Å²) in [6.45, 7) is 2.47. The zero-order chi connectivity index (χ0) is 19.2. The smallest absolute Gasteiger partial charge is 0.277 e. The molecule has 0 bridgehead atoms. The summed E-state index contributed by atoms with van der Waals surface area (Å²) in [6.07, 6.45) is 0. The number of anilines is 1. The fraction of sp³-hybridized carbons (Fsp3) is 0.167. The van der Waals surface area contributed by atoms with Crippen LogP contribution < -0.4 is 10.1 Å². The number of hydrogen-bond donors (Lipinski definition) is 1. The zero-order valence-electron chi connectivity index (χ0n) is 14.2.